The zero-order valence-corrected chi connectivity index (χ0v) is 14.9. The second kappa shape index (κ2) is 7.66. The molecule has 0 saturated heterocycles. The van der Waals surface area contributed by atoms with Crippen LogP contribution in [0.2, 0.25) is 0 Å². The van der Waals surface area contributed by atoms with Crippen molar-refractivity contribution in [2.24, 2.45) is 19.2 Å². The Morgan fingerprint density at radius 1 is 1.12 bits per heavy atom. The van der Waals surface area contributed by atoms with Gasteiger partial charge < -0.3 is 5.32 Å². The molecule has 0 aliphatic carbocycles. The number of hydrogen-bond donors (Lipinski definition) is 1. The molecule has 0 bridgehead atoms. The lowest BCUT2D eigenvalue weighted by molar-refractivity contribution is -0.671. The molecule has 5 nitrogen and oxygen atoms in total. The van der Waals surface area contributed by atoms with Crippen LogP contribution < -0.4 is 14.9 Å². The third-order valence-corrected chi connectivity index (χ3v) is 4.16. The summed E-state index contributed by atoms with van der Waals surface area (Å²) in [5.74, 6) is 1.04. The largest absolute Gasteiger partial charge is 0.381 e. The highest BCUT2D eigenvalue weighted by molar-refractivity contribution is 5.74. The maximum absolute atomic E-state index is 4.53. The molecule has 3 aromatic rings. The third-order valence-electron chi connectivity index (χ3n) is 4.16. The molecule has 3 rings (SSSR count). The number of imidazole rings is 1. The number of hydrogen-bond acceptors (Lipinski definition) is 3. The summed E-state index contributed by atoms with van der Waals surface area (Å²) in [6.45, 7) is 0.818. The van der Waals surface area contributed by atoms with E-state index in [2.05, 4.69) is 58.9 Å². The maximum atomic E-state index is 4.53. The van der Waals surface area contributed by atoms with Crippen molar-refractivity contribution in [3.05, 3.63) is 78.4 Å². The molecular formula is C20H24N5+. The van der Waals surface area contributed by atoms with Crippen molar-refractivity contribution in [2.45, 2.75) is 6.54 Å². The summed E-state index contributed by atoms with van der Waals surface area (Å²) >= 11 is 0. The van der Waals surface area contributed by atoms with Crippen LogP contribution in [-0.4, -0.2) is 17.8 Å². The summed E-state index contributed by atoms with van der Waals surface area (Å²) in [7, 11) is 5.97. The molecule has 0 spiro atoms. The minimum atomic E-state index is 0.818. The number of benzene rings is 2. The van der Waals surface area contributed by atoms with Crippen LogP contribution in [0.3, 0.4) is 0 Å². The van der Waals surface area contributed by atoms with E-state index in [0.717, 1.165) is 23.7 Å². The second-order valence-electron chi connectivity index (χ2n) is 6.03. The first kappa shape index (κ1) is 16.8. The van der Waals surface area contributed by atoms with E-state index in [1.807, 2.05) is 60.0 Å². The fraction of sp³-hybridized carbons (Fsp3) is 0.200. The van der Waals surface area contributed by atoms with Crippen molar-refractivity contribution < 1.29 is 4.57 Å². The van der Waals surface area contributed by atoms with Crippen LogP contribution in [0.1, 0.15) is 11.4 Å². The van der Waals surface area contributed by atoms with Crippen LogP contribution >= 0.6 is 0 Å². The summed E-state index contributed by atoms with van der Waals surface area (Å²) in [6, 6.07) is 18.7. The maximum Gasteiger partial charge on any atom is 0.301 e. The van der Waals surface area contributed by atoms with E-state index in [1.165, 1.54) is 5.56 Å². The van der Waals surface area contributed by atoms with Gasteiger partial charge in [-0.05, 0) is 29.8 Å². The minimum Gasteiger partial charge on any atom is -0.381 e. The van der Waals surface area contributed by atoms with Gasteiger partial charge in [0.1, 0.15) is 18.6 Å². The number of rotatable bonds is 6. The number of aromatic nitrogens is 2. The van der Waals surface area contributed by atoms with Gasteiger partial charge in [0.05, 0.1) is 19.8 Å². The van der Waals surface area contributed by atoms with Gasteiger partial charge in [-0.25, -0.2) is 9.13 Å². The van der Waals surface area contributed by atoms with Crippen LogP contribution in [0.25, 0.3) is 0 Å². The quantitative estimate of drug-likeness (QED) is 0.427. The lowest BCUT2D eigenvalue weighted by Crippen LogP contribution is -2.32. The van der Waals surface area contributed by atoms with Gasteiger partial charge in [0.15, 0.2) is 0 Å². The summed E-state index contributed by atoms with van der Waals surface area (Å²) < 4.78 is 4.07. The molecule has 2 aromatic carbocycles. The Kier molecular flexibility index (Phi) is 5.14. The van der Waals surface area contributed by atoms with Gasteiger partial charge in [-0.15, -0.1) is 0 Å². The summed E-state index contributed by atoms with van der Waals surface area (Å²) in [5, 5.41) is 9.83. The monoisotopic (exact) mass is 334 g/mol. The van der Waals surface area contributed by atoms with Crippen LogP contribution in [0.15, 0.2) is 72.1 Å². The Bertz CT molecular complexity index is 815. The van der Waals surface area contributed by atoms with Gasteiger partial charge in [0.2, 0.25) is 0 Å². The van der Waals surface area contributed by atoms with E-state index >= 15 is 0 Å². The smallest absolute Gasteiger partial charge is 0.301 e. The Morgan fingerprint density at radius 3 is 2.48 bits per heavy atom. The first-order chi connectivity index (χ1) is 12.1. The molecule has 1 N–H and O–H groups in total. The molecule has 0 unspecified atom stereocenters. The number of anilines is 2. The van der Waals surface area contributed by atoms with Crippen LogP contribution in [0.5, 0.6) is 0 Å². The van der Waals surface area contributed by atoms with Crippen molar-refractivity contribution >= 4 is 17.6 Å². The Morgan fingerprint density at radius 2 is 1.84 bits per heavy atom. The van der Waals surface area contributed by atoms with E-state index in [0.29, 0.717) is 0 Å². The van der Waals surface area contributed by atoms with Crippen molar-refractivity contribution in [2.75, 3.05) is 17.4 Å². The number of hydrazone groups is 1. The molecule has 0 fully saturated rings. The van der Waals surface area contributed by atoms with Crippen LogP contribution in [0.4, 0.5) is 11.4 Å². The van der Waals surface area contributed by atoms with Crippen molar-refractivity contribution in [3.63, 3.8) is 0 Å². The molecule has 128 valence electrons. The predicted molar refractivity (Wildman–Crippen MR) is 103 cm³/mol. The molecule has 0 radical (unpaired) electrons. The van der Waals surface area contributed by atoms with Crippen molar-refractivity contribution in [3.8, 4) is 0 Å². The molecular weight excluding hydrogens is 310 g/mol. The molecule has 0 saturated carbocycles. The van der Waals surface area contributed by atoms with Crippen LogP contribution in [-0.2, 0) is 20.6 Å². The molecule has 0 aliphatic heterocycles. The first-order valence-corrected chi connectivity index (χ1v) is 8.30. The lowest BCUT2D eigenvalue weighted by atomic mass is 10.2. The molecule has 25 heavy (non-hydrogen) atoms. The molecule has 1 aromatic heterocycles. The van der Waals surface area contributed by atoms with Crippen LogP contribution in [0, 0.1) is 0 Å². The average molecular weight is 334 g/mol. The molecule has 0 amide bonds. The zero-order valence-electron chi connectivity index (χ0n) is 14.9. The first-order valence-electron chi connectivity index (χ1n) is 8.30. The Labute approximate surface area is 148 Å². The van der Waals surface area contributed by atoms with Gasteiger partial charge in [0, 0.05) is 19.3 Å². The summed E-state index contributed by atoms with van der Waals surface area (Å²) in [5.41, 5.74) is 3.40. The standard InChI is InChI=1S/C20H24N5/c1-23-13-14-24(2)20(23)16-22-25(3)19-11-9-18(10-12-19)21-15-17-7-5-4-6-8-17/h4-14,16,21H,15H2,1-3H3/q+1. The highest BCUT2D eigenvalue weighted by Gasteiger charge is 2.08. The normalized spacial score (nSPS) is 11.0. The van der Waals surface area contributed by atoms with Gasteiger partial charge in [0.25, 0.3) is 0 Å². The minimum absolute atomic E-state index is 0.818. The predicted octanol–water partition coefficient (Wildman–Crippen LogP) is 2.93. The van der Waals surface area contributed by atoms with Gasteiger partial charge in [-0.2, -0.15) is 5.10 Å². The average Bonchev–Trinajstić information content (AvgIpc) is 2.97. The molecule has 1 heterocycles. The fourth-order valence-corrected chi connectivity index (χ4v) is 2.58. The zero-order chi connectivity index (χ0) is 17.6. The molecule has 0 atom stereocenters. The van der Waals surface area contributed by atoms with Crippen molar-refractivity contribution in [1.29, 1.82) is 0 Å². The highest BCUT2D eigenvalue weighted by Crippen LogP contribution is 2.17. The molecule has 0 aliphatic rings. The third kappa shape index (κ3) is 4.26. The topological polar surface area (TPSA) is 36.4 Å². The Balaban J connectivity index is 1.61. The number of nitrogens with one attached hydrogen (secondary N) is 1. The highest BCUT2D eigenvalue weighted by atomic mass is 15.4. The van der Waals surface area contributed by atoms with E-state index < -0.39 is 0 Å². The lowest BCUT2D eigenvalue weighted by Gasteiger charge is -2.13. The van der Waals surface area contributed by atoms with Crippen molar-refractivity contribution in [1.82, 2.24) is 4.57 Å². The van der Waals surface area contributed by atoms with E-state index in [-0.39, 0.29) is 0 Å². The molecule has 5 heteroatoms. The van der Waals surface area contributed by atoms with E-state index in [1.54, 1.807) is 0 Å². The Hall–Kier alpha value is -3.08. The summed E-state index contributed by atoms with van der Waals surface area (Å²) in [4.78, 5) is 0. The SMILES string of the molecule is CN(/N=C/c1n(C)cc[n+]1C)c1ccc(NCc2ccccc2)cc1. The second-order valence-corrected chi connectivity index (χ2v) is 6.03. The fourth-order valence-electron chi connectivity index (χ4n) is 2.58. The summed E-state index contributed by atoms with van der Waals surface area (Å²) in [6.07, 6.45) is 5.88. The number of nitrogens with zero attached hydrogens (tertiary/aromatic N) is 4. The van der Waals surface area contributed by atoms with Gasteiger partial charge in [-0.1, -0.05) is 30.3 Å². The number of aryl methyl sites for hydroxylation is 2. The van der Waals surface area contributed by atoms with E-state index in [9.17, 15) is 0 Å². The van der Waals surface area contributed by atoms with Gasteiger partial charge in [-0.3, -0.25) is 5.01 Å². The van der Waals surface area contributed by atoms with E-state index in [4.69, 9.17) is 0 Å². The van der Waals surface area contributed by atoms with Gasteiger partial charge >= 0.3 is 5.82 Å².